The maximum absolute atomic E-state index is 13.0. The maximum Gasteiger partial charge on any atom is 0.253 e. The molecule has 1 aliphatic rings. The van der Waals surface area contributed by atoms with Crippen molar-refractivity contribution in [3.8, 4) is 0 Å². The van der Waals surface area contributed by atoms with Gasteiger partial charge in [-0.3, -0.25) is 14.6 Å². The van der Waals surface area contributed by atoms with Gasteiger partial charge in [-0.15, -0.1) is 11.3 Å². The number of thiophene rings is 1. The number of nitrogens with zero attached hydrogens (tertiary/aromatic N) is 2. The number of pyridine rings is 1. The third-order valence-electron chi connectivity index (χ3n) is 5.45. The lowest BCUT2D eigenvalue weighted by atomic mass is 9.98. The molecule has 1 saturated heterocycles. The number of carbonyl (C=O) groups excluding carboxylic acids is 2. The van der Waals surface area contributed by atoms with Crippen molar-refractivity contribution >= 4 is 38.9 Å². The summed E-state index contributed by atoms with van der Waals surface area (Å²) in [4.78, 5) is 29.8. The Bertz CT molecular complexity index is 1210. The summed E-state index contributed by atoms with van der Waals surface area (Å²) in [5.74, 6) is -1.12. The summed E-state index contributed by atoms with van der Waals surface area (Å²) in [7, 11) is -3.61. The molecule has 1 aliphatic heterocycles. The van der Waals surface area contributed by atoms with Gasteiger partial charge in [0.2, 0.25) is 5.91 Å². The molecule has 1 aromatic carbocycles. The fourth-order valence-electron chi connectivity index (χ4n) is 3.72. The van der Waals surface area contributed by atoms with Crippen molar-refractivity contribution in [3.05, 3.63) is 77.4 Å². The molecule has 172 valence electrons. The molecule has 1 atom stereocenters. The molecule has 2 amide bonds. The first-order valence-electron chi connectivity index (χ1n) is 10.6. The fraction of sp³-hybridized carbons (Fsp3) is 0.261. The quantitative estimate of drug-likeness (QED) is 0.536. The standard InChI is InChI=1S/C23H24N4O4S2/c28-22(18-7-4-12-27(16-18)33(30,31)21-10-5-13-32-21)26-20-9-2-1-8-19(20)23(29)25-15-17-6-3-11-24-14-17/h1-3,5-6,8-11,13-14,18H,4,7,12,15-16H2,(H,25,29)(H,26,28)/t18-/m0/s1. The van der Waals surface area contributed by atoms with Crippen molar-refractivity contribution in [1.82, 2.24) is 14.6 Å². The number of piperidine rings is 1. The molecule has 2 aromatic heterocycles. The first-order valence-corrected chi connectivity index (χ1v) is 12.9. The molecule has 10 heteroatoms. The van der Waals surface area contributed by atoms with Crippen molar-refractivity contribution in [1.29, 1.82) is 0 Å². The molecule has 0 bridgehead atoms. The zero-order chi connectivity index (χ0) is 23.3. The van der Waals surface area contributed by atoms with Gasteiger partial charge in [-0.25, -0.2) is 8.42 Å². The van der Waals surface area contributed by atoms with Gasteiger partial charge >= 0.3 is 0 Å². The van der Waals surface area contributed by atoms with Crippen LogP contribution in [0, 0.1) is 5.92 Å². The minimum absolute atomic E-state index is 0.113. The second-order valence-corrected chi connectivity index (χ2v) is 10.8. The van der Waals surface area contributed by atoms with E-state index in [1.165, 1.54) is 15.6 Å². The van der Waals surface area contributed by atoms with Crippen molar-refractivity contribution in [3.63, 3.8) is 0 Å². The molecule has 0 radical (unpaired) electrons. The number of hydrogen-bond acceptors (Lipinski definition) is 6. The number of amides is 2. The van der Waals surface area contributed by atoms with Crippen LogP contribution in [0.25, 0.3) is 0 Å². The largest absolute Gasteiger partial charge is 0.348 e. The number of aromatic nitrogens is 1. The van der Waals surface area contributed by atoms with E-state index < -0.39 is 15.9 Å². The predicted molar refractivity (Wildman–Crippen MR) is 126 cm³/mol. The van der Waals surface area contributed by atoms with Crippen LogP contribution in [0.2, 0.25) is 0 Å². The van der Waals surface area contributed by atoms with E-state index in [1.807, 2.05) is 6.07 Å². The van der Waals surface area contributed by atoms with E-state index in [2.05, 4.69) is 15.6 Å². The molecule has 4 rings (SSSR count). The van der Waals surface area contributed by atoms with Gasteiger partial charge in [0.25, 0.3) is 15.9 Å². The molecule has 33 heavy (non-hydrogen) atoms. The molecule has 3 heterocycles. The van der Waals surface area contributed by atoms with E-state index >= 15 is 0 Å². The number of anilines is 1. The second-order valence-electron chi connectivity index (χ2n) is 7.71. The Labute approximate surface area is 196 Å². The molecular weight excluding hydrogens is 460 g/mol. The smallest absolute Gasteiger partial charge is 0.253 e. The Morgan fingerprint density at radius 2 is 1.97 bits per heavy atom. The van der Waals surface area contributed by atoms with Crippen LogP contribution in [0.3, 0.4) is 0 Å². The maximum atomic E-state index is 13.0. The lowest BCUT2D eigenvalue weighted by Crippen LogP contribution is -2.43. The van der Waals surface area contributed by atoms with Crippen LogP contribution in [0.5, 0.6) is 0 Å². The van der Waals surface area contributed by atoms with Gasteiger partial charge in [0.15, 0.2) is 0 Å². The molecule has 0 unspecified atom stereocenters. The second kappa shape index (κ2) is 10.2. The SMILES string of the molecule is O=C(NCc1cccnc1)c1ccccc1NC(=O)[C@H]1CCCN(S(=O)(=O)c2cccs2)C1. The summed E-state index contributed by atoms with van der Waals surface area (Å²) in [6.45, 7) is 0.811. The first kappa shape index (κ1) is 23.1. The number of sulfonamides is 1. The Morgan fingerprint density at radius 3 is 2.73 bits per heavy atom. The van der Waals surface area contributed by atoms with Crippen molar-refractivity contribution in [2.24, 2.45) is 5.92 Å². The lowest BCUT2D eigenvalue weighted by Gasteiger charge is -2.30. The van der Waals surface area contributed by atoms with Crippen molar-refractivity contribution in [2.75, 3.05) is 18.4 Å². The van der Waals surface area contributed by atoms with Crippen molar-refractivity contribution in [2.45, 2.75) is 23.6 Å². The summed E-state index contributed by atoms with van der Waals surface area (Å²) in [6, 6.07) is 13.7. The van der Waals surface area contributed by atoms with E-state index in [1.54, 1.807) is 60.2 Å². The number of rotatable bonds is 7. The minimum Gasteiger partial charge on any atom is -0.348 e. The average Bonchev–Trinajstić information content (AvgIpc) is 3.40. The molecule has 0 saturated carbocycles. The fourth-order valence-corrected chi connectivity index (χ4v) is 6.39. The molecule has 8 nitrogen and oxygen atoms in total. The van der Waals surface area contributed by atoms with Crippen LogP contribution in [0.15, 0.2) is 70.5 Å². The van der Waals surface area contributed by atoms with E-state index in [-0.39, 0.29) is 22.6 Å². The molecule has 0 spiro atoms. The Morgan fingerprint density at radius 1 is 1.12 bits per heavy atom. The third kappa shape index (κ3) is 5.47. The summed E-state index contributed by atoms with van der Waals surface area (Å²) in [6.07, 6.45) is 4.51. The van der Waals surface area contributed by atoms with Crippen LogP contribution < -0.4 is 10.6 Å². The van der Waals surface area contributed by atoms with Gasteiger partial charge in [-0.1, -0.05) is 24.3 Å². The zero-order valence-electron chi connectivity index (χ0n) is 17.8. The molecule has 1 fully saturated rings. The van der Waals surface area contributed by atoms with Crippen LogP contribution in [0.4, 0.5) is 5.69 Å². The number of nitrogens with one attached hydrogen (secondary N) is 2. The van der Waals surface area contributed by atoms with E-state index in [4.69, 9.17) is 0 Å². The van der Waals surface area contributed by atoms with E-state index in [0.717, 1.165) is 5.56 Å². The van der Waals surface area contributed by atoms with Gasteiger partial charge in [0.05, 0.1) is 17.2 Å². The van der Waals surface area contributed by atoms with Gasteiger partial charge in [-0.05, 0) is 48.1 Å². The predicted octanol–water partition coefficient (Wildman–Crippen LogP) is 3.11. The summed E-state index contributed by atoms with van der Waals surface area (Å²) in [5, 5.41) is 7.39. The Hall–Kier alpha value is -3.08. The summed E-state index contributed by atoms with van der Waals surface area (Å²) in [5.41, 5.74) is 1.60. The summed E-state index contributed by atoms with van der Waals surface area (Å²) >= 11 is 1.17. The normalized spacial score (nSPS) is 16.8. The number of hydrogen-bond donors (Lipinski definition) is 2. The van der Waals surface area contributed by atoms with Crippen LogP contribution in [-0.4, -0.2) is 42.6 Å². The van der Waals surface area contributed by atoms with Crippen LogP contribution >= 0.6 is 11.3 Å². The highest BCUT2D eigenvalue weighted by atomic mass is 32.2. The molecular formula is C23H24N4O4S2. The van der Waals surface area contributed by atoms with Gasteiger partial charge in [0.1, 0.15) is 4.21 Å². The monoisotopic (exact) mass is 484 g/mol. The van der Waals surface area contributed by atoms with Gasteiger partial charge in [-0.2, -0.15) is 4.31 Å². The number of para-hydroxylation sites is 1. The first-order chi connectivity index (χ1) is 15.9. The molecule has 3 aromatic rings. The highest BCUT2D eigenvalue weighted by Crippen LogP contribution is 2.27. The van der Waals surface area contributed by atoms with Gasteiger partial charge < -0.3 is 10.6 Å². The molecule has 0 aliphatic carbocycles. The average molecular weight is 485 g/mol. The lowest BCUT2D eigenvalue weighted by molar-refractivity contribution is -0.120. The van der Waals surface area contributed by atoms with E-state index in [0.29, 0.717) is 37.2 Å². The molecule has 2 N–H and O–H groups in total. The van der Waals surface area contributed by atoms with Crippen LogP contribution in [0.1, 0.15) is 28.8 Å². The van der Waals surface area contributed by atoms with Gasteiger partial charge in [0, 0.05) is 32.0 Å². The minimum atomic E-state index is -3.61. The Balaban J connectivity index is 1.42. The Kier molecular flexibility index (Phi) is 7.17. The highest BCUT2D eigenvalue weighted by molar-refractivity contribution is 7.91. The third-order valence-corrected chi connectivity index (χ3v) is 8.69. The highest BCUT2D eigenvalue weighted by Gasteiger charge is 2.34. The van der Waals surface area contributed by atoms with Crippen LogP contribution in [-0.2, 0) is 21.4 Å². The number of carbonyl (C=O) groups is 2. The zero-order valence-corrected chi connectivity index (χ0v) is 19.4. The van der Waals surface area contributed by atoms with E-state index in [9.17, 15) is 18.0 Å². The topological polar surface area (TPSA) is 108 Å². The van der Waals surface area contributed by atoms with Crippen molar-refractivity contribution < 1.29 is 18.0 Å². The number of benzene rings is 1. The summed E-state index contributed by atoms with van der Waals surface area (Å²) < 4.78 is 27.4.